The summed E-state index contributed by atoms with van der Waals surface area (Å²) in [6.07, 6.45) is 1.29. The van der Waals surface area contributed by atoms with Crippen LogP contribution in [0.5, 0.6) is 0 Å². The Morgan fingerprint density at radius 3 is 2.81 bits per heavy atom. The van der Waals surface area contributed by atoms with E-state index in [4.69, 9.17) is 4.74 Å². The Bertz CT molecular complexity index is 445. The van der Waals surface area contributed by atoms with Crippen LogP contribution in [0.15, 0.2) is 0 Å². The lowest BCUT2D eigenvalue weighted by atomic mass is 9.95. The number of thioether (sulfide) groups is 1. The topological polar surface area (TPSA) is 53.2 Å². The van der Waals surface area contributed by atoms with E-state index in [2.05, 4.69) is 46.0 Å². The van der Waals surface area contributed by atoms with Crippen LogP contribution in [0.3, 0.4) is 0 Å². The number of hydrogen-bond donors (Lipinski definition) is 2. The molecular weight excluding hydrogens is 284 g/mol. The van der Waals surface area contributed by atoms with Crippen molar-refractivity contribution < 1.29 is 4.74 Å². The van der Waals surface area contributed by atoms with Gasteiger partial charge < -0.3 is 10.1 Å². The molecule has 2 aliphatic rings. The van der Waals surface area contributed by atoms with Gasteiger partial charge in [0.25, 0.3) is 0 Å². The van der Waals surface area contributed by atoms with E-state index < -0.39 is 0 Å². The van der Waals surface area contributed by atoms with Crippen molar-refractivity contribution >= 4 is 11.8 Å². The summed E-state index contributed by atoms with van der Waals surface area (Å²) in [6, 6.07) is 0. The molecule has 1 aromatic heterocycles. The molecule has 0 amide bonds. The molecule has 3 rings (SSSR count). The summed E-state index contributed by atoms with van der Waals surface area (Å²) >= 11 is 2.09. The summed E-state index contributed by atoms with van der Waals surface area (Å²) in [7, 11) is 0. The van der Waals surface area contributed by atoms with Gasteiger partial charge in [-0.15, -0.1) is 0 Å². The molecule has 0 radical (unpaired) electrons. The van der Waals surface area contributed by atoms with Gasteiger partial charge >= 0.3 is 0 Å². The number of aromatic amines is 1. The molecule has 118 valence electrons. The van der Waals surface area contributed by atoms with Gasteiger partial charge in [0.05, 0.1) is 18.9 Å². The van der Waals surface area contributed by atoms with Crippen molar-refractivity contribution in [1.82, 2.24) is 20.4 Å². The summed E-state index contributed by atoms with van der Waals surface area (Å²) in [5, 5.41) is 11.0. The van der Waals surface area contributed by atoms with E-state index in [0.717, 1.165) is 45.1 Å². The summed E-state index contributed by atoms with van der Waals surface area (Å²) in [6.45, 7) is 10.1. The summed E-state index contributed by atoms with van der Waals surface area (Å²) in [5.74, 6) is 2.52. The number of hydrogen-bond acceptors (Lipinski definition) is 5. The molecule has 2 saturated heterocycles. The molecule has 0 aromatic carbocycles. The second-order valence-electron chi connectivity index (χ2n) is 6.14. The number of ether oxygens (including phenoxy) is 1. The molecule has 2 fully saturated rings. The molecule has 21 heavy (non-hydrogen) atoms. The Hall–Kier alpha value is -0.560. The highest BCUT2D eigenvalue weighted by atomic mass is 32.2. The van der Waals surface area contributed by atoms with E-state index in [-0.39, 0.29) is 0 Å². The van der Waals surface area contributed by atoms with Gasteiger partial charge in [0.1, 0.15) is 0 Å². The number of aryl methyl sites for hydroxylation is 2. The molecule has 0 aliphatic carbocycles. The maximum Gasteiger partial charge on any atom is 0.0638 e. The Kier molecular flexibility index (Phi) is 4.88. The van der Waals surface area contributed by atoms with Crippen molar-refractivity contribution in [2.24, 2.45) is 0 Å². The van der Waals surface area contributed by atoms with Gasteiger partial charge in [-0.1, -0.05) is 0 Å². The second-order valence-corrected chi connectivity index (χ2v) is 7.25. The smallest absolute Gasteiger partial charge is 0.0638 e. The zero-order valence-corrected chi connectivity index (χ0v) is 13.9. The fourth-order valence-corrected chi connectivity index (χ4v) is 4.87. The number of rotatable bonds is 5. The number of morpholine rings is 1. The Morgan fingerprint density at radius 2 is 2.19 bits per heavy atom. The van der Waals surface area contributed by atoms with Crippen LogP contribution in [-0.4, -0.2) is 65.0 Å². The predicted molar refractivity (Wildman–Crippen MR) is 86.8 cm³/mol. The third-order valence-electron chi connectivity index (χ3n) is 4.80. The summed E-state index contributed by atoms with van der Waals surface area (Å²) in [5.41, 5.74) is 3.93. The Balaban J connectivity index is 1.60. The molecule has 3 heterocycles. The SMILES string of the molecule is Cc1n[nH]c(C)c1CNCC1(N2CCOCC2)CCSC1. The first-order valence-electron chi connectivity index (χ1n) is 7.83. The van der Waals surface area contributed by atoms with Crippen LogP contribution in [-0.2, 0) is 11.3 Å². The van der Waals surface area contributed by atoms with Crippen molar-refractivity contribution in [3.05, 3.63) is 17.0 Å². The molecule has 5 nitrogen and oxygen atoms in total. The minimum absolute atomic E-state index is 0.319. The van der Waals surface area contributed by atoms with Crippen molar-refractivity contribution in [3.8, 4) is 0 Å². The van der Waals surface area contributed by atoms with E-state index in [0.29, 0.717) is 5.54 Å². The number of nitrogens with one attached hydrogen (secondary N) is 2. The van der Waals surface area contributed by atoms with Crippen LogP contribution in [0.1, 0.15) is 23.4 Å². The van der Waals surface area contributed by atoms with Gasteiger partial charge in [0.15, 0.2) is 0 Å². The fraction of sp³-hybridized carbons (Fsp3) is 0.800. The quantitative estimate of drug-likeness (QED) is 0.859. The van der Waals surface area contributed by atoms with Crippen molar-refractivity contribution in [1.29, 1.82) is 0 Å². The normalized spacial score (nSPS) is 27.3. The van der Waals surface area contributed by atoms with Gasteiger partial charge in [-0.2, -0.15) is 16.9 Å². The Labute approximate surface area is 131 Å². The standard InChI is InChI=1S/C15H26N4OS/c1-12-14(13(2)18-17-12)9-16-10-15(3-8-21-11-15)19-4-6-20-7-5-19/h16H,3-11H2,1-2H3,(H,17,18). The minimum atomic E-state index is 0.319. The molecule has 1 unspecified atom stereocenters. The van der Waals surface area contributed by atoms with Crippen LogP contribution in [0.25, 0.3) is 0 Å². The molecule has 0 spiro atoms. The molecule has 1 atom stereocenters. The van der Waals surface area contributed by atoms with Crippen LogP contribution >= 0.6 is 11.8 Å². The summed E-state index contributed by atoms with van der Waals surface area (Å²) in [4.78, 5) is 2.65. The minimum Gasteiger partial charge on any atom is -0.379 e. The highest BCUT2D eigenvalue weighted by Gasteiger charge is 2.40. The van der Waals surface area contributed by atoms with E-state index in [9.17, 15) is 0 Å². The first-order valence-corrected chi connectivity index (χ1v) is 8.98. The van der Waals surface area contributed by atoms with Crippen molar-refractivity contribution in [3.63, 3.8) is 0 Å². The summed E-state index contributed by atoms with van der Waals surface area (Å²) < 4.78 is 5.52. The van der Waals surface area contributed by atoms with Gasteiger partial charge in [0.2, 0.25) is 0 Å². The van der Waals surface area contributed by atoms with Crippen molar-refractivity contribution in [2.75, 3.05) is 44.4 Å². The van der Waals surface area contributed by atoms with Gasteiger partial charge in [-0.25, -0.2) is 0 Å². The number of H-pyrrole nitrogens is 1. The molecule has 6 heteroatoms. The fourth-order valence-electron chi connectivity index (χ4n) is 3.39. The lowest BCUT2D eigenvalue weighted by Crippen LogP contribution is -2.58. The lowest BCUT2D eigenvalue weighted by molar-refractivity contribution is -0.0134. The van der Waals surface area contributed by atoms with Crippen LogP contribution in [0, 0.1) is 13.8 Å². The van der Waals surface area contributed by atoms with E-state index in [1.807, 2.05) is 0 Å². The van der Waals surface area contributed by atoms with Gasteiger partial charge in [-0.05, 0) is 26.0 Å². The average molecular weight is 310 g/mol. The first-order chi connectivity index (χ1) is 10.2. The van der Waals surface area contributed by atoms with Crippen molar-refractivity contribution in [2.45, 2.75) is 32.4 Å². The monoisotopic (exact) mass is 310 g/mol. The third-order valence-corrected chi connectivity index (χ3v) is 6.04. The van der Waals surface area contributed by atoms with Crippen LogP contribution < -0.4 is 5.32 Å². The highest BCUT2D eigenvalue weighted by molar-refractivity contribution is 7.99. The predicted octanol–water partition coefficient (Wildman–Crippen LogP) is 1.32. The first kappa shape index (κ1) is 15.3. The van der Waals surface area contributed by atoms with Crippen LogP contribution in [0.2, 0.25) is 0 Å². The molecule has 2 aliphatic heterocycles. The largest absolute Gasteiger partial charge is 0.379 e. The zero-order chi connectivity index (χ0) is 14.7. The highest BCUT2D eigenvalue weighted by Crippen LogP contribution is 2.33. The van der Waals surface area contributed by atoms with Gasteiger partial charge in [0, 0.05) is 48.7 Å². The number of aromatic nitrogens is 2. The molecule has 1 aromatic rings. The van der Waals surface area contributed by atoms with E-state index >= 15 is 0 Å². The molecular formula is C15H26N4OS. The number of nitrogens with zero attached hydrogens (tertiary/aromatic N) is 2. The van der Waals surface area contributed by atoms with E-state index in [1.165, 1.54) is 29.2 Å². The molecule has 2 N–H and O–H groups in total. The maximum absolute atomic E-state index is 5.52. The molecule has 0 saturated carbocycles. The molecule has 0 bridgehead atoms. The lowest BCUT2D eigenvalue weighted by Gasteiger charge is -2.43. The second kappa shape index (κ2) is 6.69. The Morgan fingerprint density at radius 1 is 1.38 bits per heavy atom. The van der Waals surface area contributed by atoms with Crippen LogP contribution in [0.4, 0.5) is 0 Å². The zero-order valence-electron chi connectivity index (χ0n) is 13.1. The van der Waals surface area contributed by atoms with E-state index in [1.54, 1.807) is 0 Å². The van der Waals surface area contributed by atoms with Gasteiger partial charge in [-0.3, -0.25) is 10.00 Å². The maximum atomic E-state index is 5.52. The average Bonchev–Trinajstić information content (AvgIpc) is 3.11. The third kappa shape index (κ3) is 3.28.